The van der Waals surface area contributed by atoms with E-state index in [0.717, 1.165) is 47.8 Å². The minimum Gasteiger partial charge on any atom is -0.462 e. The zero-order chi connectivity index (χ0) is 14.8. The second kappa shape index (κ2) is 5.95. The van der Waals surface area contributed by atoms with Crippen LogP contribution in [0.1, 0.15) is 22.2 Å². The highest BCUT2D eigenvalue weighted by molar-refractivity contribution is 7.20. The molecule has 0 bridgehead atoms. The van der Waals surface area contributed by atoms with Gasteiger partial charge in [-0.05, 0) is 19.4 Å². The van der Waals surface area contributed by atoms with Crippen LogP contribution in [0.4, 0.5) is 5.82 Å². The Kier molecular flexibility index (Phi) is 4.03. The van der Waals surface area contributed by atoms with Crippen LogP contribution in [0.5, 0.6) is 0 Å². The highest BCUT2D eigenvalue weighted by Crippen LogP contribution is 2.35. The molecule has 3 heterocycles. The number of hydrogen-bond donors (Lipinski definition) is 1. The first kappa shape index (κ1) is 14.2. The molecule has 1 aliphatic rings. The van der Waals surface area contributed by atoms with Gasteiger partial charge in [-0.15, -0.1) is 11.3 Å². The van der Waals surface area contributed by atoms with Gasteiger partial charge in [0.1, 0.15) is 21.9 Å². The Morgan fingerprint density at radius 2 is 2.19 bits per heavy atom. The van der Waals surface area contributed by atoms with Gasteiger partial charge in [-0.1, -0.05) is 0 Å². The Bertz CT molecular complexity index is 664. The lowest BCUT2D eigenvalue weighted by Gasteiger charge is -2.28. The van der Waals surface area contributed by atoms with E-state index in [1.165, 1.54) is 11.3 Å². The van der Waals surface area contributed by atoms with Crippen LogP contribution in [0.2, 0.25) is 0 Å². The number of rotatable bonds is 3. The maximum Gasteiger partial charge on any atom is 0.348 e. The van der Waals surface area contributed by atoms with Crippen molar-refractivity contribution in [1.29, 1.82) is 0 Å². The highest BCUT2D eigenvalue weighted by atomic mass is 32.1. The third-order valence-corrected chi connectivity index (χ3v) is 4.76. The second-order valence-corrected chi connectivity index (χ2v) is 5.89. The zero-order valence-electron chi connectivity index (χ0n) is 12.2. The van der Waals surface area contributed by atoms with Crippen molar-refractivity contribution in [1.82, 2.24) is 15.3 Å². The van der Waals surface area contributed by atoms with Crippen LogP contribution in [0.25, 0.3) is 10.2 Å². The van der Waals surface area contributed by atoms with Gasteiger partial charge in [0, 0.05) is 26.2 Å². The van der Waals surface area contributed by atoms with Crippen LogP contribution in [0.3, 0.4) is 0 Å². The van der Waals surface area contributed by atoms with Gasteiger partial charge in [-0.25, -0.2) is 14.8 Å². The molecule has 3 rings (SSSR count). The molecule has 6 nitrogen and oxygen atoms in total. The van der Waals surface area contributed by atoms with E-state index in [-0.39, 0.29) is 5.97 Å². The first-order valence-corrected chi connectivity index (χ1v) is 7.91. The molecular formula is C14H18N4O2S. The normalized spacial score (nSPS) is 15.4. The molecule has 2 aromatic rings. The van der Waals surface area contributed by atoms with E-state index in [4.69, 9.17) is 4.74 Å². The van der Waals surface area contributed by atoms with E-state index in [1.807, 2.05) is 13.8 Å². The summed E-state index contributed by atoms with van der Waals surface area (Å²) in [6, 6.07) is 0. The van der Waals surface area contributed by atoms with Gasteiger partial charge >= 0.3 is 5.97 Å². The fraction of sp³-hybridized carbons (Fsp3) is 0.500. The van der Waals surface area contributed by atoms with E-state index < -0.39 is 0 Å². The molecular weight excluding hydrogens is 288 g/mol. The molecule has 1 N–H and O–H groups in total. The summed E-state index contributed by atoms with van der Waals surface area (Å²) in [5.41, 5.74) is 0.919. The number of esters is 1. The molecule has 0 atom stereocenters. The fourth-order valence-corrected chi connectivity index (χ4v) is 3.60. The molecule has 0 aromatic carbocycles. The molecule has 0 radical (unpaired) electrons. The van der Waals surface area contributed by atoms with Crippen molar-refractivity contribution < 1.29 is 9.53 Å². The number of anilines is 1. The van der Waals surface area contributed by atoms with Crippen molar-refractivity contribution in [3.05, 3.63) is 16.8 Å². The van der Waals surface area contributed by atoms with Gasteiger partial charge in [0.25, 0.3) is 0 Å². The number of fused-ring (bicyclic) bond motifs is 1. The first-order chi connectivity index (χ1) is 10.2. The Labute approximate surface area is 127 Å². The summed E-state index contributed by atoms with van der Waals surface area (Å²) < 4.78 is 5.12. The molecule has 0 saturated carbocycles. The average Bonchev–Trinajstić information content (AvgIpc) is 2.86. The predicted molar refractivity (Wildman–Crippen MR) is 83.2 cm³/mol. The monoisotopic (exact) mass is 306 g/mol. The predicted octanol–water partition coefficient (Wildman–Crippen LogP) is 1.59. The Balaban J connectivity index is 2.07. The van der Waals surface area contributed by atoms with Crippen molar-refractivity contribution in [3.63, 3.8) is 0 Å². The van der Waals surface area contributed by atoms with Gasteiger partial charge in [-0.3, -0.25) is 0 Å². The average molecular weight is 306 g/mol. The number of nitrogens with one attached hydrogen (secondary N) is 1. The molecule has 1 fully saturated rings. The van der Waals surface area contributed by atoms with Crippen molar-refractivity contribution in [3.8, 4) is 0 Å². The quantitative estimate of drug-likeness (QED) is 0.869. The summed E-state index contributed by atoms with van der Waals surface area (Å²) in [6.45, 7) is 7.85. The number of hydrogen-bond acceptors (Lipinski definition) is 7. The largest absolute Gasteiger partial charge is 0.462 e. The Morgan fingerprint density at radius 1 is 1.43 bits per heavy atom. The maximum absolute atomic E-state index is 12.0. The second-order valence-electron chi connectivity index (χ2n) is 4.89. The molecule has 0 aliphatic carbocycles. The number of ether oxygens (including phenoxy) is 1. The summed E-state index contributed by atoms with van der Waals surface area (Å²) in [7, 11) is 0. The highest BCUT2D eigenvalue weighted by Gasteiger charge is 2.23. The van der Waals surface area contributed by atoms with Gasteiger partial charge in [0.2, 0.25) is 0 Å². The molecule has 1 saturated heterocycles. The topological polar surface area (TPSA) is 67.3 Å². The van der Waals surface area contributed by atoms with Crippen LogP contribution in [0, 0.1) is 6.92 Å². The van der Waals surface area contributed by atoms with Crippen LogP contribution < -0.4 is 10.2 Å². The van der Waals surface area contributed by atoms with Gasteiger partial charge < -0.3 is 15.0 Å². The van der Waals surface area contributed by atoms with Crippen molar-refractivity contribution >= 4 is 33.3 Å². The molecule has 21 heavy (non-hydrogen) atoms. The van der Waals surface area contributed by atoms with E-state index in [9.17, 15) is 4.79 Å². The lowest BCUT2D eigenvalue weighted by Crippen LogP contribution is -2.44. The number of nitrogens with zero attached hydrogens (tertiary/aromatic N) is 3. The van der Waals surface area contributed by atoms with E-state index in [2.05, 4.69) is 20.2 Å². The fourth-order valence-electron chi connectivity index (χ4n) is 2.56. The third kappa shape index (κ3) is 2.58. The summed E-state index contributed by atoms with van der Waals surface area (Å²) in [5.74, 6) is 0.648. The SMILES string of the molecule is CCOC(=O)c1sc2ncnc(N3CCNCC3)c2c1C. The van der Waals surface area contributed by atoms with Gasteiger partial charge in [-0.2, -0.15) is 0 Å². The lowest BCUT2D eigenvalue weighted by atomic mass is 10.2. The minimum absolute atomic E-state index is 0.274. The lowest BCUT2D eigenvalue weighted by molar-refractivity contribution is 0.0531. The smallest absolute Gasteiger partial charge is 0.348 e. The molecule has 7 heteroatoms. The van der Waals surface area contributed by atoms with Crippen LogP contribution in [-0.4, -0.2) is 48.7 Å². The standard InChI is InChI=1S/C14H18N4O2S/c1-3-20-14(19)11-9(2)10-12(16-8-17-13(10)21-11)18-6-4-15-5-7-18/h8,15H,3-7H2,1-2H3. The first-order valence-electron chi connectivity index (χ1n) is 7.09. The number of piperazine rings is 1. The maximum atomic E-state index is 12.0. The number of carbonyl (C=O) groups excluding carboxylic acids is 1. The minimum atomic E-state index is -0.274. The van der Waals surface area contributed by atoms with Gasteiger partial charge in [0.05, 0.1) is 12.0 Å². The van der Waals surface area contributed by atoms with E-state index in [0.29, 0.717) is 11.5 Å². The Morgan fingerprint density at radius 3 is 2.90 bits per heavy atom. The summed E-state index contributed by atoms with van der Waals surface area (Å²) in [6.07, 6.45) is 1.57. The Hall–Kier alpha value is -1.73. The van der Waals surface area contributed by atoms with Crippen LogP contribution in [-0.2, 0) is 4.74 Å². The molecule has 0 amide bonds. The van der Waals surface area contributed by atoms with Crippen LogP contribution in [0.15, 0.2) is 6.33 Å². The summed E-state index contributed by atoms with van der Waals surface area (Å²) in [4.78, 5) is 24.5. The summed E-state index contributed by atoms with van der Waals surface area (Å²) in [5, 5.41) is 4.31. The number of carbonyl (C=O) groups is 1. The molecule has 2 aromatic heterocycles. The third-order valence-electron chi connectivity index (χ3n) is 3.58. The number of aryl methyl sites for hydroxylation is 1. The van der Waals surface area contributed by atoms with E-state index in [1.54, 1.807) is 6.33 Å². The number of thiophene rings is 1. The summed E-state index contributed by atoms with van der Waals surface area (Å²) >= 11 is 1.38. The number of aromatic nitrogens is 2. The van der Waals surface area contributed by atoms with Crippen molar-refractivity contribution in [2.45, 2.75) is 13.8 Å². The van der Waals surface area contributed by atoms with Crippen molar-refractivity contribution in [2.75, 3.05) is 37.7 Å². The molecule has 0 spiro atoms. The van der Waals surface area contributed by atoms with Crippen molar-refractivity contribution in [2.24, 2.45) is 0 Å². The molecule has 1 aliphatic heterocycles. The molecule has 112 valence electrons. The van der Waals surface area contributed by atoms with E-state index >= 15 is 0 Å². The van der Waals surface area contributed by atoms with Crippen LogP contribution >= 0.6 is 11.3 Å². The zero-order valence-corrected chi connectivity index (χ0v) is 13.0. The molecule has 0 unspecified atom stereocenters. The van der Waals surface area contributed by atoms with Gasteiger partial charge in [0.15, 0.2) is 0 Å².